The van der Waals surface area contributed by atoms with Crippen LogP contribution >= 0.6 is 0 Å². The van der Waals surface area contributed by atoms with E-state index in [9.17, 15) is 9.59 Å². The van der Waals surface area contributed by atoms with Crippen LogP contribution in [0.15, 0.2) is 0 Å². The number of urea groups is 1. The molecule has 1 aliphatic rings. The van der Waals surface area contributed by atoms with Crippen molar-refractivity contribution in [3.8, 4) is 0 Å². The second-order valence-corrected chi connectivity index (χ2v) is 2.69. The van der Waals surface area contributed by atoms with E-state index in [1.807, 2.05) is 6.92 Å². The summed E-state index contributed by atoms with van der Waals surface area (Å²) in [7, 11) is 1.49. The molecule has 0 spiro atoms. The number of carbonyl (C=O) groups is 2. The molecule has 11 heavy (non-hydrogen) atoms. The number of carbonyl (C=O) groups excluding carboxylic acids is 2. The number of likely N-dealkylation sites (N-methyl/N-ethyl adjacent to an activating group) is 1. The van der Waals surface area contributed by atoms with Crippen LogP contribution in [0.3, 0.4) is 0 Å². The smallest absolute Gasteiger partial charge is 0.324 e. The summed E-state index contributed by atoms with van der Waals surface area (Å²) in [5.41, 5.74) is 0. The highest BCUT2D eigenvalue weighted by Crippen LogP contribution is 2.07. The molecule has 0 saturated carbocycles. The molecule has 1 fully saturated rings. The Bertz CT molecular complexity index is 191. The number of rotatable bonds is 2. The van der Waals surface area contributed by atoms with Crippen LogP contribution in [-0.4, -0.2) is 29.9 Å². The van der Waals surface area contributed by atoms with Gasteiger partial charge in [0.2, 0.25) is 0 Å². The molecular formula is C7H12N2O2. The molecule has 62 valence electrons. The number of hydrogen-bond acceptors (Lipinski definition) is 2. The minimum absolute atomic E-state index is 0.114. The van der Waals surface area contributed by atoms with Gasteiger partial charge in [-0.25, -0.2) is 4.79 Å². The standard InChI is InChI=1S/C7H12N2O2/c1-3-4-5-6(10)9(2)7(11)8-5/h5H,3-4H2,1-2H3,(H,8,11). The highest BCUT2D eigenvalue weighted by Gasteiger charge is 2.33. The van der Waals surface area contributed by atoms with Gasteiger partial charge < -0.3 is 5.32 Å². The number of amides is 3. The third kappa shape index (κ3) is 1.34. The molecule has 1 rings (SSSR count). The lowest BCUT2D eigenvalue weighted by Crippen LogP contribution is -2.28. The van der Waals surface area contributed by atoms with E-state index in [0.29, 0.717) is 0 Å². The minimum atomic E-state index is -0.284. The van der Waals surface area contributed by atoms with Crippen LogP contribution in [0.25, 0.3) is 0 Å². The van der Waals surface area contributed by atoms with Crippen LogP contribution in [0.5, 0.6) is 0 Å². The average molecular weight is 156 g/mol. The van der Waals surface area contributed by atoms with Crippen LogP contribution < -0.4 is 5.32 Å². The molecule has 0 bridgehead atoms. The molecule has 4 heteroatoms. The lowest BCUT2D eigenvalue weighted by atomic mass is 10.2. The third-order valence-corrected chi connectivity index (χ3v) is 1.81. The van der Waals surface area contributed by atoms with E-state index in [1.165, 1.54) is 7.05 Å². The minimum Gasteiger partial charge on any atom is -0.326 e. The molecule has 0 aliphatic carbocycles. The maximum absolute atomic E-state index is 11.1. The van der Waals surface area contributed by atoms with E-state index in [1.54, 1.807) is 0 Å². The average Bonchev–Trinajstić information content (AvgIpc) is 2.19. The second-order valence-electron chi connectivity index (χ2n) is 2.69. The molecule has 1 heterocycles. The summed E-state index contributed by atoms with van der Waals surface area (Å²) in [6.45, 7) is 1.98. The lowest BCUT2D eigenvalue weighted by molar-refractivity contribution is -0.126. The molecule has 1 aliphatic heterocycles. The Labute approximate surface area is 65.6 Å². The first-order valence-corrected chi connectivity index (χ1v) is 3.75. The number of imide groups is 1. The first-order chi connectivity index (χ1) is 5.16. The van der Waals surface area contributed by atoms with Gasteiger partial charge in [0.05, 0.1) is 0 Å². The van der Waals surface area contributed by atoms with E-state index >= 15 is 0 Å². The van der Waals surface area contributed by atoms with Crippen LogP contribution in [0.4, 0.5) is 4.79 Å². The van der Waals surface area contributed by atoms with E-state index in [-0.39, 0.29) is 18.0 Å². The normalized spacial score (nSPS) is 24.2. The quantitative estimate of drug-likeness (QED) is 0.586. The van der Waals surface area contributed by atoms with Gasteiger partial charge in [-0.05, 0) is 6.42 Å². The fourth-order valence-electron chi connectivity index (χ4n) is 1.13. The zero-order chi connectivity index (χ0) is 8.43. The largest absolute Gasteiger partial charge is 0.326 e. The summed E-state index contributed by atoms with van der Waals surface area (Å²) >= 11 is 0. The highest BCUT2D eigenvalue weighted by atomic mass is 16.2. The number of nitrogens with zero attached hydrogens (tertiary/aromatic N) is 1. The van der Waals surface area contributed by atoms with Crippen molar-refractivity contribution in [1.82, 2.24) is 10.2 Å². The third-order valence-electron chi connectivity index (χ3n) is 1.81. The van der Waals surface area contributed by atoms with E-state index in [0.717, 1.165) is 17.7 Å². The summed E-state index contributed by atoms with van der Waals surface area (Å²) < 4.78 is 0. The van der Waals surface area contributed by atoms with Gasteiger partial charge in [0.25, 0.3) is 5.91 Å². The van der Waals surface area contributed by atoms with Crippen molar-refractivity contribution >= 4 is 11.9 Å². The van der Waals surface area contributed by atoms with Crippen LogP contribution in [0.1, 0.15) is 19.8 Å². The van der Waals surface area contributed by atoms with Crippen LogP contribution in [0.2, 0.25) is 0 Å². The number of nitrogens with one attached hydrogen (secondary N) is 1. The van der Waals surface area contributed by atoms with Gasteiger partial charge in [0, 0.05) is 7.05 Å². The summed E-state index contributed by atoms with van der Waals surface area (Å²) in [5.74, 6) is -0.114. The van der Waals surface area contributed by atoms with Gasteiger partial charge in [-0.3, -0.25) is 9.69 Å². The lowest BCUT2D eigenvalue weighted by Gasteiger charge is -2.04. The summed E-state index contributed by atoms with van der Waals surface area (Å²) in [6, 6.07) is -0.564. The predicted molar refractivity (Wildman–Crippen MR) is 40.0 cm³/mol. The van der Waals surface area contributed by atoms with Gasteiger partial charge in [0.15, 0.2) is 0 Å². The Morgan fingerprint density at radius 2 is 2.18 bits per heavy atom. The van der Waals surface area contributed by atoms with Crippen molar-refractivity contribution in [1.29, 1.82) is 0 Å². The van der Waals surface area contributed by atoms with E-state index in [4.69, 9.17) is 0 Å². The second kappa shape index (κ2) is 2.90. The van der Waals surface area contributed by atoms with Crippen molar-refractivity contribution < 1.29 is 9.59 Å². The Morgan fingerprint density at radius 1 is 1.55 bits per heavy atom. The van der Waals surface area contributed by atoms with Gasteiger partial charge in [-0.2, -0.15) is 0 Å². The molecule has 0 aromatic heterocycles. The van der Waals surface area contributed by atoms with Crippen molar-refractivity contribution in [3.63, 3.8) is 0 Å². The molecule has 4 nitrogen and oxygen atoms in total. The zero-order valence-corrected chi connectivity index (χ0v) is 6.76. The van der Waals surface area contributed by atoms with E-state index < -0.39 is 0 Å². The fraction of sp³-hybridized carbons (Fsp3) is 0.714. The highest BCUT2D eigenvalue weighted by molar-refractivity contribution is 6.03. The molecule has 0 radical (unpaired) electrons. The molecule has 1 saturated heterocycles. The Hall–Kier alpha value is -1.06. The van der Waals surface area contributed by atoms with Crippen molar-refractivity contribution in [3.05, 3.63) is 0 Å². The van der Waals surface area contributed by atoms with Crippen LogP contribution in [-0.2, 0) is 4.79 Å². The summed E-state index contributed by atoms with van der Waals surface area (Å²) in [5, 5.41) is 2.59. The monoisotopic (exact) mass is 156 g/mol. The number of hydrogen-bond donors (Lipinski definition) is 1. The van der Waals surface area contributed by atoms with Gasteiger partial charge in [-0.15, -0.1) is 0 Å². The van der Waals surface area contributed by atoms with Gasteiger partial charge in [0.1, 0.15) is 6.04 Å². The van der Waals surface area contributed by atoms with Crippen molar-refractivity contribution in [2.75, 3.05) is 7.05 Å². The maximum atomic E-state index is 11.1. The SMILES string of the molecule is CCCC1NC(=O)N(C)C1=O. The topological polar surface area (TPSA) is 49.4 Å². The molecule has 3 amide bonds. The Kier molecular flexibility index (Phi) is 2.12. The maximum Gasteiger partial charge on any atom is 0.324 e. The van der Waals surface area contributed by atoms with Crippen LogP contribution in [0, 0.1) is 0 Å². The van der Waals surface area contributed by atoms with Crippen molar-refractivity contribution in [2.45, 2.75) is 25.8 Å². The molecule has 1 N–H and O–H groups in total. The predicted octanol–water partition coefficient (Wildman–Crippen LogP) is 0.337. The van der Waals surface area contributed by atoms with Gasteiger partial charge >= 0.3 is 6.03 Å². The fourth-order valence-corrected chi connectivity index (χ4v) is 1.13. The Morgan fingerprint density at radius 3 is 2.55 bits per heavy atom. The van der Waals surface area contributed by atoms with E-state index in [2.05, 4.69) is 5.32 Å². The van der Waals surface area contributed by atoms with Gasteiger partial charge in [-0.1, -0.05) is 13.3 Å². The molecule has 1 atom stereocenters. The first kappa shape index (κ1) is 8.04. The Balaban J connectivity index is 2.60. The molecule has 0 aromatic rings. The summed E-state index contributed by atoms with van der Waals surface area (Å²) in [4.78, 5) is 23.1. The molecule has 1 unspecified atom stereocenters. The molecule has 0 aromatic carbocycles. The molecular weight excluding hydrogens is 144 g/mol. The summed E-state index contributed by atoms with van der Waals surface area (Å²) in [6.07, 6.45) is 1.64. The zero-order valence-electron chi connectivity index (χ0n) is 6.76. The van der Waals surface area contributed by atoms with Crippen molar-refractivity contribution in [2.24, 2.45) is 0 Å². The first-order valence-electron chi connectivity index (χ1n) is 3.75.